The van der Waals surface area contributed by atoms with E-state index in [0.717, 1.165) is 48.3 Å². The number of urea groups is 1. The molecule has 3 aromatic rings. The van der Waals surface area contributed by atoms with E-state index in [2.05, 4.69) is 20.6 Å². The summed E-state index contributed by atoms with van der Waals surface area (Å²) in [6, 6.07) is 7.01. The Hall–Kier alpha value is -3.24. The molecule has 2 aromatic heterocycles. The molecule has 2 saturated heterocycles. The van der Waals surface area contributed by atoms with Crippen molar-refractivity contribution in [3.05, 3.63) is 30.5 Å². The number of amides is 2. The van der Waals surface area contributed by atoms with Gasteiger partial charge in [-0.3, -0.25) is 4.68 Å². The molecule has 3 N–H and O–H groups in total. The molecular weight excluding hydrogens is 398 g/mol. The van der Waals surface area contributed by atoms with Crippen molar-refractivity contribution < 1.29 is 14.6 Å². The highest BCUT2D eigenvalue weighted by molar-refractivity contribution is 5.90. The number of nitrogens with zero attached hydrogens (tertiary/aromatic N) is 5. The van der Waals surface area contributed by atoms with Gasteiger partial charge in [-0.1, -0.05) is 0 Å². The van der Waals surface area contributed by atoms with Gasteiger partial charge in [0.05, 0.1) is 30.4 Å². The second-order valence-corrected chi connectivity index (χ2v) is 7.92. The minimum atomic E-state index is -0.362. The van der Waals surface area contributed by atoms with Gasteiger partial charge in [-0.05, 0) is 37.1 Å². The Morgan fingerprint density at radius 3 is 2.65 bits per heavy atom. The molecule has 10 nitrogen and oxygen atoms in total. The van der Waals surface area contributed by atoms with E-state index in [-0.39, 0.29) is 31.4 Å². The molecule has 2 aliphatic rings. The summed E-state index contributed by atoms with van der Waals surface area (Å²) in [5.74, 6) is 1.50. The molecule has 0 saturated carbocycles. The fraction of sp³-hybridized carbons (Fsp3) is 0.429. The minimum Gasteiger partial charge on any atom is -0.395 e. The van der Waals surface area contributed by atoms with Gasteiger partial charge in [0.1, 0.15) is 5.82 Å². The van der Waals surface area contributed by atoms with Crippen LogP contribution >= 0.6 is 0 Å². The molecule has 10 heteroatoms. The number of hydrogen-bond donors (Lipinski definition) is 3. The lowest BCUT2D eigenvalue weighted by Crippen LogP contribution is -2.43. The molecule has 31 heavy (non-hydrogen) atoms. The number of ether oxygens (including phenoxy) is 1. The quantitative estimate of drug-likeness (QED) is 0.569. The second kappa shape index (κ2) is 8.12. The van der Waals surface area contributed by atoms with Gasteiger partial charge in [0.25, 0.3) is 0 Å². The summed E-state index contributed by atoms with van der Waals surface area (Å²) in [6.07, 6.45) is 4.52. The fourth-order valence-corrected chi connectivity index (χ4v) is 4.21. The number of nitrogens with one attached hydrogen (secondary N) is 2. The van der Waals surface area contributed by atoms with E-state index in [9.17, 15) is 4.79 Å². The van der Waals surface area contributed by atoms with Crippen molar-refractivity contribution in [1.82, 2.24) is 25.1 Å². The first-order valence-electron chi connectivity index (χ1n) is 10.5. The number of hydrogen-bond acceptors (Lipinski definition) is 7. The van der Waals surface area contributed by atoms with Gasteiger partial charge in [-0.25, -0.2) is 14.8 Å². The number of carbonyl (C=O) groups is 1. The highest BCUT2D eigenvalue weighted by Gasteiger charge is 2.35. The molecule has 0 radical (unpaired) electrons. The SMILES string of the molecule is Cn1ncc2c(N3CC4CCC(C3)O4)nc(-c3ccc(NC(=O)NCCO)cc3)nc21. The maximum atomic E-state index is 11.8. The summed E-state index contributed by atoms with van der Waals surface area (Å²) in [7, 11) is 1.88. The van der Waals surface area contributed by atoms with Gasteiger partial charge < -0.3 is 25.4 Å². The Labute approximate surface area is 179 Å². The fourth-order valence-electron chi connectivity index (χ4n) is 4.21. The Kier molecular flexibility index (Phi) is 5.16. The largest absolute Gasteiger partial charge is 0.395 e. The average molecular weight is 423 g/mol. The first-order chi connectivity index (χ1) is 15.1. The molecule has 2 fully saturated rings. The minimum absolute atomic E-state index is 0.104. The molecule has 162 valence electrons. The molecule has 1 aromatic carbocycles. The van der Waals surface area contributed by atoms with E-state index in [1.54, 1.807) is 16.8 Å². The number of benzene rings is 1. The van der Waals surface area contributed by atoms with Crippen LogP contribution in [0.15, 0.2) is 30.5 Å². The Bertz CT molecular complexity index is 1090. The molecule has 2 atom stereocenters. The van der Waals surface area contributed by atoms with Gasteiger partial charge >= 0.3 is 6.03 Å². The number of morpholine rings is 1. The number of aryl methyl sites for hydroxylation is 1. The molecule has 4 heterocycles. The summed E-state index contributed by atoms with van der Waals surface area (Å²) in [5, 5.41) is 19.4. The lowest BCUT2D eigenvalue weighted by atomic mass is 10.2. The molecule has 2 bridgehead atoms. The van der Waals surface area contributed by atoms with Gasteiger partial charge in [-0.2, -0.15) is 5.10 Å². The Morgan fingerprint density at radius 2 is 1.94 bits per heavy atom. The van der Waals surface area contributed by atoms with Crippen molar-refractivity contribution in [2.45, 2.75) is 25.0 Å². The monoisotopic (exact) mass is 423 g/mol. The lowest BCUT2D eigenvalue weighted by Gasteiger charge is -2.33. The summed E-state index contributed by atoms with van der Waals surface area (Å²) in [4.78, 5) is 23.7. The number of aliphatic hydroxyl groups excluding tert-OH is 1. The molecule has 5 rings (SSSR count). The summed E-state index contributed by atoms with van der Waals surface area (Å²) in [5.41, 5.74) is 2.28. The third-order valence-electron chi connectivity index (χ3n) is 5.71. The maximum absolute atomic E-state index is 11.8. The highest BCUT2D eigenvalue weighted by Crippen LogP contribution is 2.33. The van der Waals surface area contributed by atoms with Crippen molar-refractivity contribution in [3.63, 3.8) is 0 Å². The van der Waals surface area contributed by atoms with Crippen molar-refractivity contribution >= 4 is 28.6 Å². The maximum Gasteiger partial charge on any atom is 0.319 e. The van der Waals surface area contributed by atoms with E-state index >= 15 is 0 Å². The molecule has 2 amide bonds. The number of rotatable bonds is 5. The number of aromatic nitrogens is 4. The smallest absolute Gasteiger partial charge is 0.319 e. The van der Waals surface area contributed by atoms with E-state index in [4.69, 9.17) is 19.8 Å². The Balaban J connectivity index is 1.45. The first-order valence-corrected chi connectivity index (χ1v) is 10.5. The number of anilines is 2. The van der Waals surface area contributed by atoms with Crippen molar-refractivity contribution in [1.29, 1.82) is 0 Å². The van der Waals surface area contributed by atoms with Crippen molar-refractivity contribution in [3.8, 4) is 11.4 Å². The van der Waals surface area contributed by atoms with E-state index in [0.29, 0.717) is 11.5 Å². The molecule has 2 aliphatic heterocycles. The predicted octanol–water partition coefficient (Wildman–Crippen LogP) is 1.51. The molecule has 0 aliphatic carbocycles. The normalized spacial score (nSPS) is 20.3. The predicted molar refractivity (Wildman–Crippen MR) is 116 cm³/mol. The topological polar surface area (TPSA) is 117 Å². The van der Waals surface area contributed by atoms with Crippen LogP contribution < -0.4 is 15.5 Å². The van der Waals surface area contributed by atoms with E-state index in [1.165, 1.54) is 0 Å². The van der Waals surface area contributed by atoms with E-state index < -0.39 is 0 Å². The van der Waals surface area contributed by atoms with Crippen LogP contribution in [0.2, 0.25) is 0 Å². The van der Waals surface area contributed by atoms with Crippen LogP contribution in [-0.4, -0.2) is 69.3 Å². The number of aliphatic hydroxyl groups is 1. The summed E-state index contributed by atoms with van der Waals surface area (Å²) in [6.45, 7) is 1.74. The zero-order valence-corrected chi connectivity index (χ0v) is 17.3. The Morgan fingerprint density at radius 1 is 1.19 bits per heavy atom. The third-order valence-corrected chi connectivity index (χ3v) is 5.71. The highest BCUT2D eigenvalue weighted by atomic mass is 16.5. The lowest BCUT2D eigenvalue weighted by molar-refractivity contribution is 0.0303. The zero-order valence-electron chi connectivity index (χ0n) is 17.3. The van der Waals surface area contributed by atoms with Gasteiger partial charge in [0, 0.05) is 37.9 Å². The molecule has 0 spiro atoms. The van der Waals surface area contributed by atoms with Crippen molar-refractivity contribution in [2.75, 3.05) is 36.5 Å². The van der Waals surface area contributed by atoms with Gasteiger partial charge in [-0.15, -0.1) is 0 Å². The van der Waals surface area contributed by atoms with Crippen molar-refractivity contribution in [2.24, 2.45) is 7.05 Å². The van der Waals surface area contributed by atoms with Gasteiger partial charge in [0.15, 0.2) is 11.5 Å². The van der Waals surface area contributed by atoms with Crippen LogP contribution in [0.4, 0.5) is 16.3 Å². The van der Waals surface area contributed by atoms with Crippen LogP contribution in [0.1, 0.15) is 12.8 Å². The van der Waals surface area contributed by atoms with Crippen LogP contribution in [0.25, 0.3) is 22.4 Å². The number of fused-ring (bicyclic) bond motifs is 3. The standard InChI is InChI=1S/C21H25N7O3/c1-27-19-17(10-23-27)20(28-11-15-6-7-16(12-28)31-15)26-18(25-19)13-2-4-14(5-3-13)24-21(30)22-8-9-29/h2-5,10,15-16,29H,6-9,11-12H2,1H3,(H2,22,24,30). The van der Waals surface area contributed by atoms with Crippen LogP contribution in [0, 0.1) is 0 Å². The summed E-state index contributed by atoms with van der Waals surface area (Å²) < 4.78 is 7.76. The van der Waals surface area contributed by atoms with E-state index in [1.807, 2.05) is 25.4 Å². The van der Waals surface area contributed by atoms with Crippen LogP contribution in [0.5, 0.6) is 0 Å². The molecular formula is C21H25N7O3. The zero-order chi connectivity index (χ0) is 21.4. The van der Waals surface area contributed by atoms with Gasteiger partial charge in [0.2, 0.25) is 0 Å². The second-order valence-electron chi connectivity index (χ2n) is 7.92. The summed E-state index contributed by atoms with van der Waals surface area (Å²) >= 11 is 0. The van der Waals surface area contributed by atoms with Crippen LogP contribution in [0.3, 0.4) is 0 Å². The molecule has 2 unspecified atom stereocenters. The average Bonchev–Trinajstić information content (AvgIpc) is 3.33. The van der Waals surface area contributed by atoms with Crippen LogP contribution in [-0.2, 0) is 11.8 Å². The number of carbonyl (C=O) groups excluding carboxylic acids is 1. The first kappa shape index (κ1) is 19.7. The third kappa shape index (κ3) is 3.91.